The van der Waals surface area contributed by atoms with Crippen LogP contribution in [0, 0.1) is 11.7 Å². The normalized spacial score (nSPS) is 22.9. The second-order valence-corrected chi connectivity index (χ2v) is 5.07. The average Bonchev–Trinajstić information content (AvgIpc) is 2.73. The molecule has 94 valence electrons. The van der Waals surface area contributed by atoms with Crippen LogP contribution < -0.4 is 5.32 Å². The molecule has 0 bridgehead atoms. The summed E-state index contributed by atoms with van der Waals surface area (Å²) >= 11 is 0. The van der Waals surface area contributed by atoms with Crippen LogP contribution in [0.25, 0.3) is 0 Å². The summed E-state index contributed by atoms with van der Waals surface area (Å²) in [6, 6.07) is 7.09. The molecule has 0 saturated carbocycles. The fourth-order valence-corrected chi connectivity index (χ4v) is 2.47. The highest BCUT2D eigenvalue weighted by Crippen LogP contribution is 2.18. The number of hydrogen-bond donors (Lipinski definition) is 1. The molecule has 2 nitrogen and oxygen atoms in total. The van der Waals surface area contributed by atoms with Crippen LogP contribution in [0.2, 0.25) is 0 Å². The van der Waals surface area contributed by atoms with Gasteiger partial charge in [0, 0.05) is 18.2 Å². The Morgan fingerprint density at radius 1 is 1.47 bits per heavy atom. The monoisotopic (exact) mass is 236 g/mol. The number of nitrogens with one attached hydrogen (secondary N) is 1. The Morgan fingerprint density at radius 3 is 2.88 bits per heavy atom. The van der Waals surface area contributed by atoms with Crippen LogP contribution in [0.1, 0.15) is 24.9 Å². The number of likely N-dealkylation sites (tertiary alicyclic amines) is 1. The quantitative estimate of drug-likeness (QED) is 0.863. The van der Waals surface area contributed by atoms with Crippen molar-refractivity contribution in [2.24, 2.45) is 5.92 Å². The molecular formula is C14H21FN2. The molecule has 0 radical (unpaired) electrons. The van der Waals surface area contributed by atoms with Crippen molar-refractivity contribution in [2.45, 2.75) is 19.4 Å². The van der Waals surface area contributed by atoms with Gasteiger partial charge in [0.25, 0.3) is 0 Å². The van der Waals surface area contributed by atoms with Crippen LogP contribution in [-0.2, 0) is 0 Å². The highest BCUT2D eigenvalue weighted by atomic mass is 19.1. The molecule has 1 aliphatic heterocycles. The predicted molar refractivity (Wildman–Crippen MR) is 68.4 cm³/mol. The van der Waals surface area contributed by atoms with Crippen molar-refractivity contribution in [3.05, 3.63) is 35.6 Å². The Balaban J connectivity index is 1.85. The van der Waals surface area contributed by atoms with Crippen LogP contribution in [0.4, 0.5) is 4.39 Å². The summed E-state index contributed by atoms with van der Waals surface area (Å²) in [7, 11) is 2.15. The lowest BCUT2D eigenvalue weighted by atomic mass is 10.1. The van der Waals surface area contributed by atoms with E-state index in [-0.39, 0.29) is 11.9 Å². The van der Waals surface area contributed by atoms with Gasteiger partial charge in [-0.3, -0.25) is 0 Å². The summed E-state index contributed by atoms with van der Waals surface area (Å²) in [5, 5.41) is 3.44. The number of benzene rings is 1. The Labute approximate surface area is 103 Å². The van der Waals surface area contributed by atoms with Gasteiger partial charge in [0.05, 0.1) is 0 Å². The van der Waals surface area contributed by atoms with Crippen LogP contribution in [0.5, 0.6) is 0 Å². The standard InChI is InChI=1S/C14H21FN2/c1-11(13-5-3-4-6-14(13)15)16-9-12-7-8-17(2)10-12/h3-6,11-12,16H,7-10H2,1-2H3. The van der Waals surface area contributed by atoms with Crippen molar-refractivity contribution in [3.8, 4) is 0 Å². The largest absolute Gasteiger partial charge is 0.310 e. The maximum atomic E-state index is 13.6. The zero-order chi connectivity index (χ0) is 12.3. The van der Waals surface area contributed by atoms with Gasteiger partial charge in [-0.2, -0.15) is 0 Å². The van der Waals surface area contributed by atoms with E-state index >= 15 is 0 Å². The van der Waals surface area contributed by atoms with Crippen molar-refractivity contribution >= 4 is 0 Å². The molecule has 1 saturated heterocycles. The molecule has 2 rings (SSSR count). The molecule has 1 fully saturated rings. The molecule has 1 aliphatic rings. The summed E-state index contributed by atoms with van der Waals surface area (Å²) in [6.45, 7) is 5.33. The number of halogens is 1. The minimum absolute atomic E-state index is 0.0853. The van der Waals surface area contributed by atoms with Gasteiger partial charge in [0.15, 0.2) is 0 Å². The van der Waals surface area contributed by atoms with Gasteiger partial charge in [0.1, 0.15) is 5.82 Å². The molecule has 1 aromatic rings. The second kappa shape index (κ2) is 5.61. The van der Waals surface area contributed by atoms with Crippen LogP contribution in [0.15, 0.2) is 24.3 Å². The Kier molecular flexibility index (Phi) is 4.13. The van der Waals surface area contributed by atoms with E-state index in [4.69, 9.17) is 0 Å². The van der Waals surface area contributed by atoms with Gasteiger partial charge in [-0.1, -0.05) is 18.2 Å². The molecule has 2 atom stereocenters. The van der Waals surface area contributed by atoms with E-state index in [0.717, 1.165) is 18.7 Å². The van der Waals surface area contributed by atoms with Gasteiger partial charge in [-0.15, -0.1) is 0 Å². The molecule has 0 aromatic heterocycles. The maximum Gasteiger partial charge on any atom is 0.127 e. The summed E-state index contributed by atoms with van der Waals surface area (Å²) < 4.78 is 13.6. The minimum atomic E-state index is -0.115. The molecule has 0 amide bonds. The summed E-state index contributed by atoms with van der Waals surface area (Å²) in [5.74, 6) is 0.588. The molecule has 2 unspecified atom stereocenters. The van der Waals surface area contributed by atoms with Gasteiger partial charge in [0.2, 0.25) is 0 Å². The number of rotatable bonds is 4. The highest BCUT2D eigenvalue weighted by molar-refractivity contribution is 5.20. The summed E-state index contributed by atoms with van der Waals surface area (Å²) in [6.07, 6.45) is 1.24. The summed E-state index contributed by atoms with van der Waals surface area (Å²) in [4.78, 5) is 2.35. The van der Waals surface area contributed by atoms with Crippen LogP contribution in [-0.4, -0.2) is 31.6 Å². The Bertz CT molecular complexity index is 367. The molecule has 1 aromatic carbocycles. The molecular weight excluding hydrogens is 215 g/mol. The first-order valence-corrected chi connectivity index (χ1v) is 6.33. The molecule has 0 aliphatic carbocycles. The Morgan fingerprint density at radius 2 is 2.24 bits per heavy atom. The predicted octanol–water partition coefficient (Wildman–Crippen LogP) is 2.43. The van der Waals surface area contributed by atoms with Crippen LogP contribution in [0.3, 0.4) is 0 Å². The Hall–Kier alpha value is -0.930. The third kappa shape index (κ3) is 3.27. The molecule has 1 N–H and O–H groups in total. The molecule has 1 heterocycles. The highest BCUT2D eigenvalue weighted by Gasteiger charge is 2.20. The van der Waals surface area contributed by atoms with Crippen molar-refractivity contribution in [1.82, 2.24) is 10.2 Å². The van der Waals surface area contributed by atoms with E-state index in [2.05, 4.69) is 17.3 Å². The van der Waals surface area contributed by atoms with E-state index in [9.17, 15) is 4.39 Å². The zero-order valence-electron chi connectivity index (χ0n) is 10.6. The van der Waals surface area contributed by atoms with Crippen molar-refractivity contribution in [1.29, 1.82) is 0 Å². The fourth-order valence-electron chi connectivity index (χ4n) is 2.47. The average molecular weight is 236 g/mol. The first-order chi connectivity index (χ1) is 8.16. The van der Waals surface area contributed by atoms with E-state index in [1.54, 1.807) is 6.07 Å². The maximum absolute atomic E-state index is 13.6. The molecule has 3 heteroatoms. The lowest BCUT2D eigenvalue weighted by Crippen LogP contribution is -2.27. The summed E-state index contributed by atoms with van der Waals surface area (Å²) in [5.41, 5.74) is 0.763. The third-order valence-electron chi connectivity index (χ3n) is 3.57. The molecule has 17 heavy (non-hydrogen) atoms. The van der Waals surface area contributed by atoms with Crippen molar-refractivity contribution < 1.29 is 4.39 Å². The minimum Gasteiger partial charge on any atom is -0.310 e. The van der Waals surface area contributed by atoms with E-state index in [1.807, 2.05) is 19.1 Å². The van der Waals surface area contributed by atoms with E-state index < -0.39 is 0 Å². The van der Waals surface area contributed by atoms with E-state index in [0.29, 0.717) is 5.92 Å². The van der Waals surface area contributed by atoms with Gasteiger partial charge in [-0.05, 0) is 45.5 Å². The molecule has 0 spiro atoms. The van der Waals surface area contributed by atoms with Crippen LogP contribution >= 0.6 is 0 Å². The topological polar surface area (TPSA) is 15.3 Å². The second-order valence-electron chi connectivity index (χ2n) is 5.07. The fraction of sp³-hybridized carbons (Fsp3) is 0.571. The number of nitrogens with zero attached hydrogens (tertiary/aromatic N) is 1. The van der Waals surface area contributed by atoms with Gasteiger partial charge < -0.3 is 10.2 Å². The first-order valence-electron chi connectivity index (χ1n) is 6.33. The third-order valence-corrected chi connectivity index (χ3v) is 3.57. The zero-order valence-corrected chi connectivity index (χ0v) is 10.6. The van der Waals surface area contributed by atoms with Gasteiger partial charge in [-0.25, -0.2) is 4.39 Å². The van der Waals surface area contributed by atoms with Crippen molar-refractivity contribution in [2.75, 3.05) is 26.7 Å². The number of hydrogen-bond acceptors (Lipinski definition) is 2. The first kappa shape index (κ1) is 12.5. The lowest BCUT2D eigenvalue weighted by Gasteiger charge is -2.18. The SMILES string of the molecule is CC(NCC1CCN(C)C1)c1ccccc1F. The van der Waals surface area contributed by atoms with Crippen molar-refractivity contribution in [3.63, 3.8) is 0 Å². The smallest absolute Gasteiger partial charge is 0.127 e. The van der Waals surface area contributed by atoms with Gasteiger partial charge >= 0.3 is 0 Å². The van der Waals surface area contributed by atoms with E-state index in [1.165, 1.54) is 19.0 Å². The lowest BCUT2D eigenvalue weighted by molar-refractivity contribution is 0.380.